The van der Waals surface area contributed by atoms with Crippen molar-refractivity contribution in [3.8, 4) is 10.8 Å². The van der Waals surface area contributed by atoms with Crippen LogP contribution in [-0.2, 0) is 21.0 Å². The zero-order chi connectivity index (χ0) is 28.7. The maximum Gasteiger partial charge on any atom is 0.445 e. The largest absolute Gasteiger partial charge is 0.445 e. The summed E-state index contributed by atoms with van der Waals surface area (Å²) in [5, 5.41) is 5.62. The molecule has 0 atom stereocenters. The van der Waals surface area contributed by atoms with Crippen LogP contribution in [0.3, 0.4) is 0 Å². The number of likely N-dealkylation sites (tertiary alicyclic amines) is 1. The number of hydrogen-bond donors (Lipinski definition) is 1. The minimum Gasteiger partial charge on any atom is -0.366 e. The first-order valence-electron chi connectivity index (χ1n) is 12.6. The van der Waals surface area contributed by atoms with Gasteiger partial charge < -0.3 is 9.80 Å². The van der Waals surface area contributed by atoms with Gasteiger partial charge in [0, 0.05) is 51.0 Å². The van der Waals surface area contributed by atoms with Crippen LogP contribution in [0, 0.1) is 0 Å². The molecule has 40 heavy (non-hydrogen) atoms. The van der Waals surface area contributed by atoms with Gasteiger partial charge in [0.15, 0.2) is 10.8 Å². The van der Waals surface area contributed by atoms with Crippen LogP contribution < -0.4 is 9.62 Å². The van der Waals surface area contributed by atoms with Crippen molar-refractivity contribution in [1.29, 1.82) is 0 Å². The van der Waals surface area contributed by atoms with Gasteiger partial charge in [0.25, 0.3) is 5.91 Å². The summed E-state index contributed by atoms with van der Waals surface area (Å²) < 4.78 is 85.3. The summed E-state index contributed by atoms with van der Waals surface area (Å²) in [7, 11) is -2.27. The lowest BCUT2D eigenvalue weighted by Gasteiger charge is -2.45. The highest BCUT2D eigenvalue weighted by molar-refractivity contribution is 7.89. The fraction of sp³-hybridized carbons (Fsp3) is 0.565. The first-order valence-corrected chi connectivity index (χ1v) is 14.9. The molecule has 0 unspecified atom stereocenters. The number of halogens is 4. The number of sulfonamides is 1. The van der Waals surface area contributed by atoms with Gasteiger partial charge >= 0.3 is 6.18 Å². The lowest BCUT2D eigenvalue weighted by atomic mass is 9.95. The third-order valence-corrected chi connectivity index (χ3v) is 10.0. The molecule has 3 aromatic heterocycles. The van der Waals surface area contributed by atoms with Gasteiger partial charge in [-0.25, -0.2) is 22.5 Å². The first kappa shape index (κ1) is 27.3. The molecule has 0 radical (unpaired) electrons. The first-order chi connectivity index (χ1) is 18.7. The van der Waals surface area contributed by atoms with Crippen molar-refractivity contribution >= 4 is 38.5 Å². The monoisotopic (exact) mass is 602 g/mol. The molecule has 2 aliphatic heterocycles. The van der Waals surface area contributed by atoms with E-state index < -0.39 is 38.3 Å². The van der Waals surface area contributed by atoms with Crippen LogP contribution in [0.5, 0.6) is 0 Å². The molecule has 0 bridgehead atoms. The van der Waals surface area contributed by atoms with E-state index in [1.54, 1.807) is 18.9 Å². The maximum absolute atomic E-state index is 14.9. The zero-order valence-corrected chi connectivity index (χ0v) is 23.2. The van der Waals surface area contributed by atoms with Crippen molar-refractivity contribution in [3.63, 3.8) is 0 Å². The quantitative estimate of drug-likeness (QED) is 0.426. The van der Waals surface area contributed by atoms with Crippen molar-refractivity contribution in [2.45, 2.75) is 42.0 Å². The van der Waals surface area contributed by atoms with E-state index in [9.17, 15) is 30.8 Å². The third-order valence-electron chi connectivity index (χ3n) is 7.48. The molecule has 3 aliphatic rings. The molecule has 1 saturated carbocycles. The van der Waals surface area contributed by atoms with Crippen LogP contribution >= 0.6 is 11.3 Å². The summed E-state index contributed by atoms with van der Waals surface area (Å²) in [6, 6.07) is 1.49. The average Bonchev–Trinajstić information content (AvgIpc) is 3.24. The van der Waals surface area contributed by atoms with Gasteiger partial charge in [-0.15, -0.1) is 10.2 Å². The SMILES string of the molecule is CN1CC(F)(C(=O)N2CCN(c3cc(S(=O)(=O)NC4(C)CC4)cn4c(-c5nnc(C(F)(F)F)s5)ncc34)CC2)C1. The zero-order valence-electron chi connectivity index (χ0n) is 21.6. The smallest absolute Gasteiger partial charge is 0.366 e. The predicted molar refractivity (Wildman–Crippen MR) is 137 cm³/mol. The molecule has 6 rings (SSSR count). The molecule has 3 fully saturated rings. The van der Waals surface area contributed by atoms with E-state index in [2.05, 4.69) is 19.9 Å². The number of anilines is 1. The van der Waals surface area contributed by atoms with Gasteiger partial charge in [-0.05, 0) is 32.9 Å². The fourth-order valence-corrected chi connectivity index (χ4v) is 7.28. The number of aromatic nitrogens is 4. The van der Waals surface area contributed by atoms with Gasteiger partial charge in [-0.1, -0.05) is 11.3 Å². The fourth-order valence-electron chi connectivity index (χ4n) is 5.09. The number of fused-ring (bicyclic) bond motifs is 1. The van der Waals surface area contributed by atoms with E-state index in [0.717, 1.165) is 0 Å². The number of carbonyl (C=O) groups is 1. The molecule has 1 amide bonds. The molecule has 0 spiro atoms. The van der Waals surface area contributed by atoms with E-state index in [-0.39, 0.29) is 41.9 Å². The highest BCUT2D eigenvalue weighted by atomic mass is 32.2. The molecule has 5 heterocycles. The number of pyridine rings is 1. The van der Waals surface area contributed by atoms with Crippen LogP contribution in [0.4, 0.5) is 23.2 Å². The van der Waals surface area contributed by atoms with Crippen LogP contribution in [0.15, 0.2) is 23.4 Å². The van der Waals surface area contributed by atoms with Gasteiger partial charge in [-0.2, -0.15) is 13.2 Å². The second kappa shape index (κ2) is 9.06. The Bertz CT molecular complexity index is 1590. The van der Waals surface area contributed by atoms with Gasteiger partial charge in [-0.3, -0.25) is 14.1 Å². The Morgan fingerprint density at radius 2 is 1.80 bits per heavy atom. The molecule has 2 saturated heterocycles. The Hall–Kier alpha value is -2.89. The summed E-state index contributed by atoms with van der Waals surface area (Å²) >= 11 is 0.308. The highest BCUT2D eigenvalue weighted by Crippen LogP contribution is 2.38. The van der Waals surface area contributed by atoms with Crippen molar-refractivity contribution in [3.05, 3.63) is 23.5 Å². The average molecular weight is 603 g/mol. The Labute approximate surface area is 230 Å². The Morgan fingerprint density at radius 3 is 2.38 bits per heavy atom. The highest BCUT2D eigenvalue weighted by Gasteiger charge is 2.50. The molecule has 3 aromatic rings. The normalized spacial score (nSPS) is 21.1. The van der Waals surface area contributed by atoms with E-state index in [0.29, 0.717) is 48.5 Å². The molecule has 1 N–H and O–H groups in total. The number of rotatable bonds is 6. The predicted octanol–water partition coefficient (Wildman–Crippen LogP) is 2.00. The molecule has 1 aliphatic carbocycles. The molecular weight excluding hydrogens is 576 g/mol. The summed E-state index contributed by atoms with van der Waals surface area (Å²) in [4.78, 5) is 22.0. The second-order valence-electron chi connectivity index (χ2n) is 10.9. The van der Waals surface area contributed by atoms with Crippen LogP contribution in [0.25, 0.3) is 16.3 Å². The van der Waals surface area contributed by atoms with Crippen molar-refractivity contribution < 1.29 is 30.8 Å². The second-order valence-corrected chi connectivity index (χ2v) is 13.6. The summed E-state index contributed by atoms with van der Waals surface area (Å²) in [6.07, 6.45) is -0.571. The minimum absolute atomic E-state index is 0.0150. The van der Waals surface area contributed by atoms with Crippen LogP contribution in [-0.4, -0.2) is 101 Å². The molecule has 216 valence electrons. The van der Waals surface area contributed by atoms with E-state index in [1.807, 2.05) is 4.90 Å². The molecular formula is C23H26F4N8O3S2. The Kier molecular flexibility index (Phi) is 6.18. The Morgan fingerprint density at radius 1 is 1.12 bits per heavy atom. The van der Waals surface area contributed by atoms with E-state index in [4.69, 9.17) is 0 Å². The lowest BCUT2D eigenvalue weighted by Crippen LogP contribution is -2.66. The molecule has 17 heteroatoms. The van der Waals surface area contributed by atoms with Crippen LogP contribution in [0.1, 0.15) is 24.8 Å². The third kappa shape index (κ3) is 4.81. The Balaban J connectivity index is 1.36. The van der Waals surface area contributed by atoms with E-state index >= 15 is 0 Å². The summed E-state index contributed by atoms with van der Waals surface area (Å²) in [5.41, 5.74) is -1.55. The number of hydrogen-bond acceptors (Lipinski definition) is 9. The van der Waals surface area contributed by atoms with Gasteiger partial charge in [0.2, 0.25) is 20.7 Å². The number of imidazole rings is 1. The minimum atomic E-state index is -4.68. The van der Waals surface area contributed by atoms with E-state index in [1.165, 1.54) is 27.8 Å². The summed E-state index contributed by atoms with van der Waals surface area (Å²) in [5.74, 6) is -0.543. The van der Waals surface area contributed by atoms with Crippen molar-refractivity contribution in [1.82, 2.24) is 34.1 Å². The maximum atomic E-state index is 14.9. The van der Waals surface area contributed by atoms with Gasteiger partial charge in [0.05, 0.1) is 17.4 Å². The number of piperazine rings is 1. The molecule has 0 aromatic carbocycles. The van der Waals surface area contributed by atoms with Crippen molar-refractivity contribution in [2.75, 3.05) is 51.2 Å². The topological polar surface area (TPSA) is 116 Å². The van der Waals surface area contributed by atoms with Crippen LogP contribution in [0.2, 0.25) is 0 Å². The summed E-state index contributed by atoms with van der Waals surface area (Å²) in [6.45, 7) is 2.90. The lowest BCUT2D eigenvalue weighted by molar-refractivity contribution is -0.155. The number of alkyl halides is 4. The number of amides is 1. The number of carbonyl (C=O) groups excluding carboxylic acids is 1. The standard InChI is InChI=1S/C23H26F4N8O3S2/c1-21(3-4-21)31-40(37,38)14-9-15(33-5-7-34(8-6-33)20(36)22(24)12-32(2)13-22)16-10-28-17(35(16)11-14)18-29-30-19(39-18)23(25,26)27/h9-11,31H,3-8,12-13H2,1-2H3. The number of nitrogens with one attached hydrogen (secondary N) is 1. The molecule has 11 nitrogen and oxygen atoms in total. The number of nitrogens with zero attached hydrogens (tertiary/aromatic N) is 7. The van der Waals surface area contributed by atoms with Crippen molar-refractivity contribution in [2.24, 2.45) is 0 Å². The van der Waals surface area contributed by atoms with Gasteiger partial charge in [0.1, 0.15) is 4.90 Å².